The maximum Gasteiger partial charge on any atom is 0.263 e. The summed E-state index contributed by atoms with van der Waals surface area (Å²) in [5, 5.41) is 1.68. The molecule has 3 heteroatoms. The third-order valence-electron chi connectivity index (χ3n) is 4.46. The summed E-state index contributed by atoms with van der Waals surface area (Å²) in [5.74, 6) is 0. The molecule has 0 N–H and O–H groups in total. The molecule has 0 aliphatic heterocycles. The molecule has 0 fully saturated rings. The third kappa shape index (κ3) is 2.70. The number of anilines is 2. The summed E-state index contributed by atoms with van der Waals surface area (Å²) in [4.78, 5) is 15.1. The number of hydrogen-bond donors (Lipinski definition) is 0. The zero-order valence-electron chi connectivity index (χ0n) is 14.0. The van der Waals surface area contributed by atoms with E-state index in [0.717, 1.165) is 27.8 Å². The van der Waals surface area contributed by atoms with Crippen LogP contribution in [0, 0.1) is 0 Å². The van der Waals surface area contributed by atoms with E-state index in [9.17, 15) is 4.79 Å². The molecule has 0 saturated heterocycles. The van der Waals surface area contributed by atoms with Crippen LogP contribution in [-0.4, -0.2) is 11.6 Å². The van der Waals surface area contributed by atoms with Crippen molar-refractivity contribution in [3.8, 4) is 5.69 Å². The highest BCUT2D eigenvalue weighted by Crippen LogP contribution is 2.29. The molecule has 0 amide bonds. The van der Waals surface area contributed by atoms with E-state index in [1.54, 1.807) is 4.57 Å². The molecular weight excluding hydrogens is 308 g/mol. The number of hydrogen-bond acceptors (Lipinski definition) is 2. The van der Waals surface area contributed by atoms with Gasteiger partial charge in [0.1, 0.15) is 0 Å². The molecule has 3 nitrogen and oxygen atoms in total. The molecule has 0 saturated carbocycles. The first-order chi connectivity index (χ1) is 12.3. The van der Waals surface area contributed by atoms with Crippen LogP contribution in [0.15, 0.2) is 95.9 Å². The van der Waals surface area contributed by atoms with Crippen LogP contribution >= 0.6 is 0 Å². The Morgan fingerprint density at radius 1 is 0.760 bits per heavy atom. The third-order valence-corrected chi connectivity index (χ3v) is 4.46. The molecule has 4 aromatic rings. The second-order valence-electron chi connectivity index (χ2n) is 5.96. The summed E-state index contributed by atoms with van der Waals surface area (Å²) in [6.45, 7) is 0. The van der Waals surface area contributed by atoms with Crippen molar-refractivity contribution >= 4 is 22.1 Å². The average Bonchev–Trinajstić information content (AvgIpc) is 2.69. The van der Waals surface area contributed by atoms with Crippen molar-refractivity contribution in [2.45, 2.75) is 0 Å². The summed E-state index contributed by atoms with van der Waals surface area (Å²) >= 11 is 0. The van der Waals surface area contributed by atoms with Crippen LogP contribution in [0.5, 0.6) is 0 Å². The first-order valence-corrected chi connectivity index (χ1v) is 8.24. The summed E-state index contributed by atoms with van der Waals surface area (Å²) in [6.07, 6.45) is 1.85. The van der Waals surface area contributed by atoms with Crippen molar-refractivity contribution < 1.29 is 0 Å². The van der Waals surface area contributed by atoms with Gasteiger partial charge in [-0.1, -0.05) is 48.5 Å². The second-order valence-corrected chi connectivity index (χ2v) is 5.96. The fourth-order valence-electron chi connectivity index (χ4n) is 3.12. The van der Waals surface area contributed by atoms with Gasteiger partial charge in [0.05, 0.1) is 11.4 Å². The molecule has 0 aliphatic carbocycles. The maximum atomic E-state index is 13.0. The van der Waals surface area contributed by atoms with Crippen LogP contribution in [0.4, 0.5) is 11.4 Å². The van der Waals surface area contributed by atoms with Crippen molar-refractivity contribution in [3.63, 3.8) is 0 Å². The van der Waals surface area contributed by atoms with E-state index in [1.807, 2.05) is 86.0 Å². The predicted octanol–water partition coefficient (Wildman–Crippen LogP) is 4.76. The highest BCUT2D eigenvalue weighted by molar-refractivity contribution is 5.82. The zero-order valence-corrected chi connectivity index (χ0v) is 14.0. The molecule has 1 heterocycles. The fourth-order valence-corrected chi connectivity index (χ4v) is 3.12. The number of aromatic nitrogens is 1. The minimum Gasteiger partial charge on any atom is -0.343 e. The second kappa shape index (κ2) is 6.29. The lowest BCUT2D eigenvalue weighted by molar-refractivity contribution is 0.996. The van der Waals surface area contributed by atoms with Gasteiger partial charge < -0.3 is 4.90 Å². The molecule has 3 aromatic carbocycles. The minimum absolute atomic E-state index is 0.00740. The van der Waals surface area contributed by atoms with E-state index in [2.05, 4.69) is 17.0 Å². The van der Waals surface area contributed by atoms with Gasteiger partial charge in [0.15, 0.2) is 0 Å². The van der Waals surface area contributed by atoms with E-state index < -0.39 is 0 Å². The van der Waals surface area contributed by atoms with E-state index >= 15 is 0 Å². The van der Waals surface area contributed by atoms with Gasteiger partial charge in [-0.3, -0.25) is 9.36 Å². The lowest BCUT2D eigenvalue weighted by Crippen LogP contribution is -2.20. The van der Waals surface area contributed by atoms with Gasteiger partial charge in [-0.25, -0.2) is 0 Å². The fraction of sp³-hybridized carbons (Fsp3) is 0.0455. The number of fused-ring (bicyclic) bond motifs is 1. The van der Waals surface area contributed by atoms with E-state index in [1.165, 1.54) is 0 Å². The van der Waals surface area contributed by atoms with Gasteiger partial charge in [0.25, 0.3) is 5.56 Å². The first-order valence-electron chi connectivity index (χ1n) is 8.24. The highest BCUT2D eigenvalue weighted by Gasteiger charge is 2.12. The Labute approximate surface area is 146 Å². The molecule has 4 rings (SSSR count). The van der Waals surface area contributed by atoms with Crippen LogP contribution < -0.4 is 10.5 Å². The van der Waals surface area contributed by atoms with Crippen molar-refractivity contribution in [1.29, 1.82) is 0 Å². The summed E-state index contributed by atoms with van der Waals surface area (Å²) in [6, 6.07) is 27.7. The SMILES string of the molecule is CN(c1ccccc1)c1ccccc1-n1ccc2ccccc2c1=O. The Bertz CT molecular complexity index is 1080. The molecule has 1 aromatic heterocycles. The lowest BCUT2D eigenvalue weighted by Gasteiger charge is -2.23. The lowest BCUT2D eigenvalue weighted by atomic mass is 10.1. The largest absolute Gasteiger partial charge is 0.343 e. The van der Waals surface area contributed by atoms with Gasteiger partial charge >= 0.3 is 0 Å². The van der Waals surface area contributed by atoms with Crippen LogP contribution in [0.2, 0.25) is 0 Å². The van der Waals surface area contributed by atoms with Crippen LogP contribution in [-0.2, 0) is 0 Å². The Balaban J connectivity index is 1.91. The van der Waals surface area contributed by atoms with Gasteiger partial charge in [0, 0.05) is 24.3 Å². The molecule has 0 radical (unpaired) electrons. The summed E-state index contributed by atoms with van der Waals surface area (Å²) in [7, 11) is 2.01. The topological polar surface area (TPSA) is 25.2 Å². The van der Waals surface area contributed by atoms with Gasteiger partial charge in [-0.2, -0.15) is 0 Å². The summed E-state index contributed by atoms with van der Waals surface area (Å²) in [5.41, 5.74) is 2.91. The number of rotatable bonds is 3. The molecule has 122 valence electrons. The molecule has 0 aliphatic rings. The monoisotopic (exact) mass is 326 g/mol. The van der Waals surface area contributed by atoms with Crippen LogP contribution in [0.1, 0.15) is 0 Å². The molecule has 0 bridgehead atoms. The summed E-state index contributed by atoms with van der Waals surface area (Å²) < 4.78 is 1.72. The maximum absolute atomic E-state index is 13.0. The molecule has 25 heavy (non-hydrogen) atoms. The minimum atomic E-state index is -0.00740. The first kappa shape index (κ1) is 15.2. The number of pyridine rings is 1. The highest BCUT2D eigenvalue weighted by atomic mass is 16.1. The average molecular weight is 326 g/mol. The van der Waals surface area contributed by atoms with E-state index in [-0.39, 0.29) is 5.56 Å². The van der Waals surface area contributed by atoms with Gasteiger partial charge in [-0.15, -0.1) is 0 Å². The van der Waals surface area contributed by atoms with E-state index in [0.29, 0.717) is 0 Å². The predicted molar refractivity (Wildman–Crippen MR) is 104 cm³/mol. The number of nitrogens with zero attached hydrogens (tertiary/aromatic N) is 2. The van der Waals surface area contributed by atoms with Gasteiger partial charge in [0.2, 0.25) is 0 Å². The normalized spacial score (nSPS) is 10.8. The Kier molecular flexibility index (Phi) is 3.82. The van der Waals surface area contributed by atoms with Gasteiger partial charge in [-0.05, 0) is 41.8 Å². The quantitative estimate of drug-likeness (QED) is 0.542. The number of para-hydroxylation sites is 3. The van der Waals surface area contributed by atoms with Crippen LogP contribution in [0.25, 0.3) is 16.5 Å². The Hall–Kier alpha value is -3.33. The van der Waals surface area contributed by atoms with Crippen molar-refractivity contribution in [3.05, 3.63) is 101 Å². The Morgan fingerprint density at radius 2 is 1.44 bits per heavy atom. The van der Waals surface area contributed by atoms with Crippen molar-refractivity contribution in [2.24, 2.45) is 0 Å². The van der Waals surface area contributed by atoms with E-state index in [4.69, 9.17) is 0 Å². The standard InChI is InChI=1S/C22H18N2O/c1-23(18-10-3-2-4-11-18)20-13-7-8-14-21(20)24-16-15-17-9-5-6-12-19(17)22(24)25/h2-16H,1H3. The zero-order chi connectivity index (χ0) is 17.2. The molecular formula is C22H18N2O. The Morgan fingerprint density at radius 3 is 2.28 bits per heavy atom. The molecule has 0 unspecified atom stereocenters. The molecule has 0 spiro atoms. The number of benzene rings is 3. The van der Waals surface area contributed by atoms with Crippen molar-refractivity contribution in [2.75, 3.05) is 11.9 Å². The smallest absolute Gasteiger partial charge is 0.263 e. The van der Waals surface area contributed by atoms with Crippen molar-refractivity contribution in [1.82, 2.24) is 4.57 Å². The molecule has 0 atom stereocenters. The van der Waals surface area contributed by atoms with Crippen LogP contribution in [0.3, 0.4) is 0 Å².